The van der Waals surface area contributed by atoms with Crippen LogP contribution in [0.5, 0.6) is 5.75 Å². The molecule has 1 unspecified atom stereocenters. The van der Waals surface area contributed by atoms with E-state index in [1.54, 1.807) is 30.6 Å². The predicted molar refractivity (Wildman–Crippen MR) is 84.4 cm³/mol. The van der Waals surface area contributed by atoms with E-state index in [4.69, 9.17) is 39.5 Å². The van der Waals surface area contributed by atoms with Gasteiger partial charge in [-0.3, -0.25) is 0 Å². The van der Waals surface area contributed by atoms with Crippen LogP contribution >= 0.6 is 46.1 Å². The van der Waals surface area contributed by atoms with Gasteiger partial charge in [0.25, 0.3) is 0 Å². The van der Waals surface area contributed by atoms with Crippen molar-refractivity contribution >= 4 is 46.1 Å². The number of thiophene rings is 1. The molecule has 0 N–H and O–H groups in total. The normalized spacial score (nSPS) is 12.5. The first-order valence-corrected chi connectivity index (χ1v) is 7.89. The lowest BCUT2D eigenvalue weighted by molar-refractivity contribution is 0.415. The number of halogens is 3. The van der Waals surface area contributed by atoms with Crippen molar-refractivity contribution in [1.82, 2.24) is 0 Å². The average Bonchev–Trinajstić information content (AvgIpc) is 2.88. The Balaban J connectivity index is 2.44. The SMILES string of the molecule is CCc1ccsc1C(Cl)c1cc(Cl)c(OC)cc1Cl. The summed E-state index contributed by atoms with van der Waals surface area (Å²) >= 11 is 20.6. The minimum absolute atomic E-state index is 0.286. The fourth-order valence-corrected chi connectivity index (χ4v) is 3.93. The lowest BCUT2D eigenvalue weighted by atomic mass is 10.1. The Morgan fingerprint density at radius 3 is 2.63 bits per heavy atom. The lowest BCUT2D eigenvalue weighted by Crippen LogP contribution is -1.96. The van der Waals surface area contributed by atoms with E-state index in [1.807, 2.05) is 5.38 Å². The molecule has 1 atom stereocenters. The van der Waals surface area contributed by atoms with Gasteiger partial charge in [-0.1, -0.05) is 30.1 Å². The second-order valence-electron chi connectivity index (χ2n) is 4.03. The molecule has 0 saturated carbocycles. The lowest BCUT2D eigenvalue weighted by Gasteiger charge is -2.14. The molecule has 5 heteroatoms. The molecule has 1 aromatic heterocycles. The smallest absolute Gasteiger partial charge is 0.138 e. The molecule has 0 spiro atoms. The van der Waals surface area contributed by atoms with Crippen LogP contribution in [-0.2, 0) is 6.42 Å². The van der Waals surface area contributed by atoms with Crippen LogP contribution in [0.2, 0.25) is 10.0 Å². The number of hydrogen-bond acceptors (Lipinski definition) is 2. The number of hydrogen-bond donors (Lipinski definition) is 0. The van der Waals surface area contributed by atoms with Crippen LogP contribution in [0.15, 0.2) is 23.6 Å². The zero-order chi connectivity index (χ0) is 14.0. The number of aryl methyl sites for hydroxylation is 1. The maximum atomic E-state index is 6.56. The van der Waals surface area contributed by atoms with Crippen molar-refractivity contribution in [2.75, 3.05) is 7.11 Å². The fraction of sp³-hybridized carbons (Fsp3) is 0.286. The van der Waals surface area contributed by atoms with Crippen LogP contribution in [0, 0.1) is 0 Å². The van der Waals surface area contributed by atoms with Gasteiger partial charge in [0.1, 0.15) is 5.75 Å². The fourth-order valence-electron chi connectivity index (χ4n) is 1.90. The third-order valence-electron chi connectivity index (χ3n) is 2.94. The van der Waals surface area contributed by atoms with Gasteiger partial charge >= 0.3 is 0 Å². The van der Waals surface area contributed by atoms with Gasteiger partial charge in [0.15, 0.2) is 0 Å². The quantitative estimate of drug-likeness (QED) is 0.627. The van der Waals surface area contributed by atoms with Crippen molar-refractivity contribution in [3.8, 4) is 5.75 Å². The van der Waals surface area contributed by atoms with E-state index >= 15 is 0 Å². The molecule has 102 valence electrons. The maximum absolute atomic E-state index is 6.56. The molecular weight excluding hydrogens is 323 g/mol. The molecule has 2 aromatic rings. The zero-order valence-electron chi connectivity index (χ0n) is 10.5. The monoisotopic (exact) mass is 334 g/mol. The molecule has 0 fully saturated rings. The maximum Gasteiger partial charge on any atom is 0.138 e. The van der Waals surface area contributed by atoms with Crippen molar-refractivity contribution in [3.63, 3.8) is 0 Å². The van der Waals surface area contributed by atoms with E-state index < -0.39 is 0 Å². The van der Waals surface area contributed by atoms with Gasteiger partial charge < -0.3 is 4.74 Å². The van der Waals surface area contributed by atoms with E-state index in [1.165, 1.54) is 5.56 Å². The summed E-state index contributed by atoms with van der Waals surface area (Å²) in [6.07, 6.45) is 0.948. The van der Waals surface area contributed by atoms with Crippen molar-refractivity contribution in [2.24, 2.45) is 0 Å². The number of alkyl halides is 1. The molecule has 1 heterocycles. The molecule has 1 aromatic carbocycles. The van der Waals surface area contributed by atoms with Crippen molar-refractivity contribution in [1.29, 1.82) is 0 Å². The second kappa shape index (κ2) is 6.36. The molecule has 0 bridgehead atoms. The Hall–Kier alpha value is -0.410. The molecule has 0 radical (unpaired) electrons. The van der Waals surface area contributed by atoms with E-state index in [0.717, 1.165) is 16.9 Å². The Labute approximate surface area is 132 Å². The molecular formula is C14H13Cl3OS. The van der Waals surface area contributed by atoms with Crippen LogP contribution < -0.4 is 4.74 Å². The van der Waals surface area contributed by atoms with E-state index in [-0.39, 0.29) is 5.38 Å². The highest BCUT2D eigenvalue weighted by molar-refractivity contribution is 7.10. The van der Waals surface area contributed by atoms with Gasteiger partial charge in [-0.25, -0.2) is 0 Å². The minimum atomic E-state index is -0.286. The topological polar surface area (TPSA) is 9.23 Å². The summed E-state index contributed by atoms with van der Waals surface area (Å²) < 4.78 is 5.14. The third kappa shape index (κ3) is 3.03. The van der Waals surface area contributed by atoms with E-state index in [9.17, 15) is 0 Å². The van der Waals surface area contributed by atoms with Crippen molar-refractivity contribution < 1.29 is 4.74 Å². The van der Waals surface area contributed by atoms with Gasteiger partial charge in [-0.15, -0.1) is 22.9 Å². The van der Waals surface area contributed by atoms with Crippen LogP contribution in [0.4, 0.5) is 0 Å². The first kappa shape index (κ1) is 15.0. The average molecular weight is 336 g/mol. The number of methoxy groups -OCH3 is 1. The Bertz CT molecular complexity index is 580. The van der Waals surface area contributed by atoms with Gasteiger partial charge in [0.2, 0.25) is 0 Å². The van der Waals surface area contributed by atoms with Gasteiger partial charge in [-0.05, 0) is 35.1 Å². The third-order valence-corrected chi connectivity index (χ3v) is 5.17. The van der Waals surface area contributed by atoms with Gasteiger partial charge in [0, 0.05) is 16.0 Å². The molecule has 1 nitrogen and oxygen atoms in total. The van der Waals surface area contributed by atoms with E-state index in [2.05, 4.69) is 13.0 Å². The number of ether oxygens (including phenoxy) is 1. The molecule has 19 heavy (non-hydrogen) atoms. The number of benzene rings is 1. The summed E-state index contributed by atoms with van der Waals surface area (Å²) in [6, 6.07) is 5.57. The summed E-state index contributed by atoms with van der Waals surface area (Å²) in [4.78, 5) is 1.12. The summed E-state index contributed by atoms with van der Waals surface area (Å²) in [6.45, 7) is 2.11. The van der Waals surface area contributed by atoms with Crippen molar-refractivity contribution in [2.45, 2.75) is 18.7 Å². The molecule has 0 saturated heterocycles. The van der Waals surface area contributed by atoms with Crippen LogP contribution in [0.3, 0.4) is 0 Å². The molecule has 2 rings (SSSR count). The summed E-state index contributed by atoms with van der Waals surface area (Å²) in [5.41, 5.74) is 2.05. The first-order chi connectivity index (χ1) is 9.08. The second-order valence-corrected chi connectivity index (χ2v) is 6.23. The Kier molecular flexibility index (Phi) is 5.02. The minimum Gasteiger partial charge on any atom is -0.495 e. The standard InChI is InChI=1S/C14H13Cl3OS/c1-3-8-4-5-19-14(8)13(17)9-6-11(16)12(18-2)7-10(9)15/h4-7,13H,3H2,1-2H3. The van der Waals surface area contributed by atoms with Crippen LogP contribution in [0.1, 0.15) is 28.3 Å². The van der Waals surface area contributed by atoms with E-state index in [0.29, 0.717) is 15.8 Å². The summed E-state index contributed by atoms with van der Waals surface area (Å²) in [5, 5.41) is 2.84. The first-order valence-electron chi connectivity index (χ1n) is 5.81. The Morgan fingerprint density at radius 1 is 1.26 bits per heavy atom. The number of rotatable bonds is 4. The predicted octanol–water partition coefficient (Wildman–Crippen LogP) is 5.95. The van der Waals surface area contributed by atoms with Crippen molar-refractivity contribution in [3.05, 3.63) is 49.6 Å². The van der Waals surface area contributed by atoms with Crippen LogP contribution in [-0.4, -0.2) is 7.11 Å². The molecule has 0 aliphatic rings. The molecule has 0 aliphatic heterocycles. The highest BCUT2D eigenvalue weighted by Crippen LogP contribution is 2.41. The molecule has 0 aliphatic carbocycles. The van der Waals surface area contributed by atoms with Crippen LogP contribution in [0.25, 0.3) is 0 Å². The highest BCUT2D eigenvalue weighted by Gasteiger charge is 2.20. The van der Waals surface area contributed by atoms with Gasteiger partial charge in [0.05, 0.1) is 17.5 Å². The Morgan fingerprint density at radius 2 is 2.00 bits per heavy atom. The largest absolute Gasteiger partial charge is 0.495 e. The highest BCUT2D eigenvalue weighted by atomic mass is 35.5. The molecule has 0 amide bonds. The summed E-state index contributed by atoms with van der Waals surface area (Å²) in [7, 11) is 1.56. The van der Waals surface area contributed by atoms with Gasteiger partial charge in [-0.2, -0.15) is 0 Å². The zero-order valence-corrected chi connectivity index (χ0v) is 13.6. The summed E-state index contributed by atoms with van der Waals surface area (Å²) in [5.74, 6) is 0.557.